The minimum atomic E-state index is -0.344. The first-order chi connectivity index (χ1) is 12.7. The van der Waals surface area contributed by atoms with E-state index in [1.807, 2.05) is 12.1 Å². The minimum Gasteiger partial charge on any atom is -0.462 e. The summed E-state index contributed by atoms with van der Waals surface area (Å²) in [5.74, 6) is 1.67. The molecule has 0 aliphatic carbocycles. The third-order valence-electron chi connectivity index (χ3n) is 4.42. The molecule has 3 rings (SSSR count). The Kier molecular flexibility index (Phi) is 6.63. The van der Waals surface area contributed by atoms with Crippen molar-refractivity contribution < 1.29 is 14.3 Å². The normalized spacial score (nSPS) is 14.8. The first kappa shape index (κ1) is 18.9. The Hall–Kier alpha value is -1.92. The third-order valence-corrected chi connectivity index (χ3v) is 5.04. The molecule has 1 fully saturated rings. The van der Waals surface area contributed by atoms with Gasteiger partial charge in [-0.3, -0.25) is 4.98 Å². The quantitative estimate of drug-likeness (QED) is 0.706. The number of hydrogen-bond donors (Lipinski definition) is 1. The van der Waals surface area contributed by atoms with Gasteiger partial charge in [0.15, 0.2) is 0 Å². The molecular formula is C20H23BrN2O3. The number of benzene rings is 1. The SMILES string of the molecule is CCOC(=O)c1ccc(Oc2ccc(CC3CCNCC3)nc2)c(Br)c1. The molecule has 1 aliphatic heterocycles. The van der Waals surface area contributed by atoms with Gasteiger partial charge in [-0.2, -0.15) is 0 Å². The van der Waals surface area contributed by atoms with E-state index in [0.717, 1.165) is 25.2 Å². The Morgan fingerprint density at radius 2 is 2.08 bits per heavy atom. The molecule has 6 heteroatoms. The van der Waals surface area contributed by atoms with Crippen molar-refractivity contribution in [3.8, 4) is 11.5 Å². The smallest absolute Gasteiger partial charge is 0.338 e. The molecule has 2 heterocycles. The molecule has 2 aromatic rings. The van der Waals surface area contributed by atoms with Crippen molar-refractivity contribution in [3.63, 3.8) is 0 Å². The van der Waals surface area contributed by atoms with Crippen LogP contribution in [0, 0.1) is 5.92 Å². The van der Waals surface area contributed by atoms with Gasteiger partial charge in [-0.15, -0.1) is 0 Å². The molecule has 1 saturated heterocycles. The average Bonchev–Trinajstić information content (AvgIpc) is 2.66. The number of esters is 1. The summed E-state index contributed by atoms with van der Waals surface area (Å²) in [5, 5.41) is 3.39. The maximum atomic E-state index is 11.8. The second-order valence-corrected chi connectivity index (χ2v) is 7.20. The fourth-order valence-corrected chi connectivity index (χ4v) is 3.49. The Morgan fingerprint density at radius 1 is 1.27 bits per heavy atom. The van der Waals surface area contributed by atoms with Crippen LogP contribution < -0.4 is 10.1 Å². The van der Waals surface area contributed by atoms with Crippen molar-refractivity contribution in [2.45, 2.75) is 26.2 Å². The largest absolute Gasteiger partial charge is 0.462 e. The molecule has 26 heavy (non-hydrogen) atoms. The summed E-state index contributed by atoms with van der Waals surface area (Å²) in [5.41, 5.74) is 1.59. The van der Waals surface area contributed by atoms with Crippen LogP contribution in [0.5, 0.6) is 11.5 Å². The maximum absolute atomic E-state index is 11.8. The average molecular weight is 419 g/mol. The first-order valence-electron chi connectivity index (χ1n) is 8.96. The second-order valence-electron chi connectivity index (χ2n) is 6.35. The number of pyridine rings is 1. The van der Waals surface area contributed by atoms with Gasteiger partial charge in [0, 0.05) is 5.69 Å². The van der Waals surface area contributed by atoms with Gasteiger partial charge < -0.3 is 14.8 Å². The number of carbonyl (C=O) groups is 1. The van der Waals surface area contributed by atoms with Crippen molar-refractivity contribution in [1.82, 2.24) is 10.3 Å². The highest BCUT2D eigenvalue weighted by Crippen LogP contribution is 2.30. The molecule has 0 radical (unpaired) electrons. The zero-order chi connectivity index (χ0) is 18.4. The van der Waals surface area contributed by atoms with Gasteiger partial charge in [0.25, 0.3) is 0 Å². The van der Waals surface area contributed by atoms with E-state index in [-0.39, 0.29) is 5.97 Å². The highest BCUT2D eigenvalue weighted by molar-refractivity contribution is 9.10. The van der Waals surface area contributed by atoms with Crippen LogP contribution in [-0.4, -0.2) is 30.6 Å². The summed E-state index contributed by atoms with van der Waals surface area (Å²) in [4.78, 5) is 16.3. The molecule has 138 valence electrons. The molecule has 1 N–H and O–H groups in total. The van der Waals surface area contributed by atoms with Crippen molar-refractivity contribution in [1.29, 1.82) is 0 Å². The molecule has 1 aromatic carbocycles. The Morgan fingerprint density at radius 3 is 2.73 bits per heavy atom. The van der Waals surface area contributed by atoms with Crippen LogP contribution in [-0.2, 0) is 11.2 Å². The van der Waals surface area contributed by atoms with Gasteiger partial charge in [-0.25, -0.2) is 4.79 Å². The lowest BCUT2D eigenvalue weighted by molar-refractivity contribution is 0.0526. The van der Waals surface area contributed by atoms with Gasteiger partial charge in [0.05, 0.1) is 22.8 Å². The van der Waals surface area contributed by atoms with Crippen LogP contribution >= 0.6 is 15.9 Å². The molecule has 1 aliphatic rings. The number of carbonyl (C=O) groups excluding carboxylic acids is 1. The summed E-state index contributed by atoms with van der Waals surface area (Å²) >= 11 is 3.45. The molecule has 0 saturated carbocycles. The van der Waals surface area contributed by atoms with Crippen LogP contribution in [0.2, 0.25) is 0 Å². The number of aromatic nitrogens is 1. The monoisotopic (exact) mass is 418 g/mol. The fraction of sp³-hybridized carbons (Fsp3) is 0.400. The number of nitrogens with zero attached hydrogens (tertiary/aromatic N) is 1. The van der Waals surface area contributed by atoms with Crippen LogP contribution in [0.3, 0.4) is 0 Å². The standard InChI is InChI=1S/C20H23BrN2O3/c1-2-25-20(24)15-3-6-19(18(21)12-15)26-17-5-4-16(23-13-17)11-14-7-9-22-10-8-14/h3-6,12-14,22H,2,7-11H2,1H3. The lowest BCUT2D eigenvalue weighted by Crippen LogP contribution is -2.28. The summed E-state index contributed by atoms with van der Waals surface area (Å²) in [6.07, 6.45) is 5.18. The lowest BCUT2D eigenvalue weighted by Gasteiger charge is -2.22. The summed E-state index contributed by atoms with van der Waals surface area (Å²) in [6, 6.07) is 9.11. The van der Waals surface area contributed by atoms with Gasteiger partial charge >= 0.3 is 5.97 Å². The van der Waals surface area contributed by atoms with E-state index in [2.05, 4.69) is 26.2 Å². The fourth-order valence-electron chi connectivity index (χ4n) is 3.03. The molecule has 5 nitrogen and oxygen atoms in total. The van der Waals surface area contributed by atoms with E-state index in [9.17, 15) is 4.79 Å². The molecule has 0 spiro atoms. The van der Waals surface area contributed by atoms with Crippen molar-refractivity contribution in [3.05, 3.63) is 52.3 Å². The van der Waals surface area contributed by atoms with E-state index in [0.29, 0.717) is 34.1 Å². The number of piperidine rings is 1. The minimum absolute atomic E-state index is 0.344. The highest BCUT2D eigenvalue weighted by Gasteiger charge is 2.14. The number of ether oxygens (including phenoxy) is 2. The van der Waals surface area contributed by atoms with Crippen LogP contribution in [0.1, 0.15) is 35.8 Å². The van der Waals surface area contributed by atoms with Gasteiger partial charge in [0.2, 0.25) is 0 Å². The first-order valence-corrected chi connectivity index (χ1v) is 9.75. The predicted octanol–water partition coefficient (Wildman–Crippen LogP) is 4.36. The Bertz CT molecular complexity index is 743. The van der Waals surface area contributed by atoms with E-state index >= 15 is 0 Å². The van der Waals surface area contributed by atoms with Crippen LogP contribution in [0.25, 0.3) is 0 Å². The van der Waals surface area contributed by atoms with Crippen molar-refractivity contribution in [2.75, 3.05) is 19.7 Å². The summed E-state index contributed by atoms with van der Waals surface area (Å²) in [7, 11) is 0. The van der Waals surface area contributed by atoms with Crippen LogP contribution in [0.4, 0.5) is 0 Å². The number of hydrogen-bond acceptors (Lipinski definition) is 5. The molecule has 1 aromatic heterocycles. The van der Waals surface area contributed by atoms with Crippen LogP contribution in [0.15, 0.2) is 41.0 Å². The highest BCUT2D eigenvalue weighted by atomic mass is 79.9. The molecular weight excluding hydrogens is 396 g/mol. The summed E-state index contributed by atoms with van der Waals surface area (Å²) < 4.78 is 11.6. The van der Waals surface area contributed by atoms with Gasteiger partial charge in [-0.05, 0) is 91.5 Å². The number of halogens is 1. The van der Waals surface area contributed by atoms with E-state index in [4.69, 9.17) is 9.47 Å². The molecule has 0 atom stereocenters. The van der Waals surface area contributed by atoms with Crippen molar-refractivity contribution >= 4 is 21.9 Å². The molecule has 0 unspecified atom stereocenters. The Balaban J connectivity index is 1.62. The summed E-state index contributed by atoms with van der Waals surface area (Å²) in [6.45, 7) is 4.33. The lowest BCUT2D eigenvalue weighted by atomic mass is 9.93. The zero-order valence-electron chi connectivity index (χ0n) is 14.8. The maximum Gasteiger partial charge on any atom is 0.338 e. The zero-order valence-corrected chi connectivity index (χ0v) is 16.4. The number of rotatable bonds is 6. The Labute approximate surface area is 162 Å². The van der Waals surface area contributed by atoms with Crippen molar-refractivity contribution in [2.24, 2.45) is 5.92 Å². The third kappa shape index (κ3) is 5.05. The predicted molar refractivity (Wildman–Crippen MR) is 104 cm³/mol. The second kappa shape index (κ2) is 9.14. The topological polar surface area (TPSA) is 60.5 Å². The van der Waals surface area contributed by atoms with Gasteiger partial charge in [0.1, 0.15) is 11.5 Å². The molecule has 0 amide bonds. The van der Waals surface area contributed by atoms with Gasteiger partial charge in [-0.1, -0.05) is 0 Å². The van der Waals surface area contributed by atoms with E-state index in [1.54, 1.807) is 31.3 Å². The van der Waals surface area contributed by atoms with E-state index in [1.165, 1.54) is 12.8 Å². The molecule has 0 bridgehead atoms. The number of nitrogens with one attached hydrogen (secondary N) is 1. The van der Waals surface area contributed by atoms with E-state index < -0.39 is 0 Å².